The molecule has 0 aliphatic heterocycles. The number of halogens is 1. The zero-order valence-electron chi connectivity index (χ0n) is 12.1. The molecule has 1 saturated carbocycles. The maximum Gasteiger partial charge on any atom is 0.255 e. The number of pyridine rings is 1. The summed E-state index contributed by atoms with van der Waals surface area (Å²) < 4.78 is 0. The third-order valence-electron chi connectivity index (χ3n) is 4.38. The largest absolute Gasteiger partial charge is 0.382 e. The number of nitrogens with zero attached hydrogens (tertiary/aromatic N) is 2. The monoisotopic (exact) mass is 295 g/mol. The van der Waals surface area contributed by atoms with Crippen LogP contribution in [0.25, 0.3) is 0 Å². The van der Waals surface area contributed by atoms with Gasteiger partial charge in [0.2, 0.25) is 0 Å². The lowest BCUT2D eigenvalue weighted by atomic mass is 9.84. The normalized spacial score (nSPS) is 22.6. The van der Waals surface area contributed by atoms with Crippen LogP contribution in [0.5, 0.6) is 0 Å². The molecule has 2 rings (SSSR count). The van der Waals surface area contributed by atoms with E-state index in [-0.39, 0.29) is 11.7 Å². The number of hydrogen-bond donors (Lipinski definition) is 1. The Morgan fingerprint density at radius 3 is 2.65 bits per heavy atom. The summed E-state index contributed by atoms with van der Waals surface area (Å²) in [4.78, 5) is 18.2. The lowest BCUT2D eigenvalue weighted by Crippen LogP contribution is -2.39. The average molecular weight is 296 g/mol. The van der Waals surface area contributed by atoms with Gasteiger partial charge in [0.1, 0.15) is 5.82 Å². The van der Waals surface area contributed by atoms with E-state index in [0.29, 0.717) is 16.6 Å². The minimum absolute atomic E-state index is 0.0284. The molecule has 0 atom stereocenters. The Labute approximate surface area is 125 Å². The summed E-state index contributed by atoms with van der Waals surface area (Å²) in [5, 5.41) is 0.332. The molecule has 2 N–H and O–H groups in total. The lowest BCUT2D eigenvalue weighted by molar-refractivity contribution is 0.0674. The van der Waals surface area contributed by atoms with Crippen molar-refractivity contribution in [3.63, 3.8) is 0 Å². The molecule has 1 aromatic heterocycles. The number of nitrogen functional groups attached to an aromatic ring is 1. The number of carbonyl (C=O) groups excluding carboxylic acids is 1. The van der Waals surface area contributed by atoms with Gasteiger partial charge in [0.15, 0.2) is 0 Å². The van der Waals surface area contributed by atoms with E-state index >= 15 is 0 Å². The molecule has 1 fully saturated rings. The molecule has 0 radical (unpaired) electrons. The second-order valence-corrected chi connectivity index (χ2v) is 6.00. The highest BCUT2D eigenvalue weighted by atomic mass is 35.5. The lowest BCUT2D eigenvalue weighted by Gasteiger charge is -2.34. The Bertz CT molecular complexity index is 484. The van der Waals surface area contributed by atoms with Gasteiger partial charge in [0.05, 0.1) is 10.6 Å². The standard InChI is InChI=1S/C15H22ClN3O/c1-3-10-4-6-12(7-5-10)19(2)15(20)11-8-13(16)14(17)18-9-11/h8-10,12H,3-7H2,1-2H3,(H2,17,18). The fraction of sp³-hybridized carbons (Fsp3) is 0.600. The third kappa shape index (κ3) is 3.23. The topological polar surface area (TPSA) is 59.2 Å². The average Bonchev–Trinajstić information content (AvgIpc) is 2.48. The molecule has 110 valence electrons. The first-order chi connectivity index (χ1) is 9.52. The Morgan fingerprint density at radius 1 is 1.45 bits per heavy atom. The Hall–Kier alpha value is -1.29. The number of carbonyl (C=O) groups is 1. The molecule has 0 saturated heterocycles. The maximum absolute atomic E-state index is 12.4. The first-order valence-electron chi connectivity index (χ1n) is 7.21. The quantitative estimate of drug-likeness (QED) is 0.930. The van der Waals surface area contributed by atoms with Crippen molar-refractivity contribution in [2.75, 3.05) is 12.8 Å². The van der Waals surface area contributed by atoms with Crippen LogP contribution in [-0.2, 0) is 0 Å². The number of nitrogens with two attached hydrogens (primary N) is 1. The number of amides is 1. The molecule has 0 unspecified atom stereocenters. The first-order valence-corrected chi connectivity index (χ1v) is 7.58. The smallest absolute Gasteiger partial charge is 0.255 e. The zero-order valence-corrected chi connectivity index (χ0v) is 12.9. The summed E-state index contributed by atoms with van der Waals surface area (Å²) in [6, 6.07) is 1.92. The van der Waals surface area contributed by atoms with E-state index in [9.17, 15) is 4.79 Å². The van der Waals surface area contributed by atoms with Gasteiger partial charge in [-0.05, 0) is 37.7 Å². The molecule has 1 heterocycles. The molecule has 1 aromatic rings. The second kappa shape index (κ2) is 6.44. The van der Waals surface area contributed by atoms with Crippen molar-refractivity contribution >= 4 is 23.3 Å². The second-order valence-electron chi connectivity index (χ2n) is 5.59. The van der Waals surface area contributed by atoms with E-state index in [2.05, 4.69) is 11.9 Å². The first kappa shape index (κ1) is 15.1. The number of aromatic nitrogens is 1. The predicted molar refractivity (Wildman–Crippen MR) is 81.8 cm³/mol. The molecule has 20 heavy (non-hydrogen) atoms. The highest BCUT2D eigenvalue weighted by Gasteiger charge is 2.26. The Morgan fingerprint density at radius 2 is 2.10 bits per heavy atom. The van der Waals surface area contributed by atoms with Crippen LogP contribution in [0.4, 0.5) is 5.82 Å². The van der Waals surface area contributed by atoms with Gasteiger partial charge in [-0.25, -0.2) is 4.98 Å². The van der Waals surface area contributed by atoms with Gasteiger partial charge in [-0.1, -0.05) is 24.9 Å². The maximum atomic E-state index is 12.4. The van der Waals surface area contributed by atoms with Crippen LogP contribution in [0.2, 0.25) is 5.02 Å². The summed E-state index contributed by atoms with van der Waals surface area (Å²) in [5.41, 5.74) is 6.07. The van der Waals surface area contributed by atoms with Gasteiger partial charge in [-0.3, -0.25) is 4.79 Å². The highest BCUT2D eigenvalue weighted by molar-refractivity contribution is 6.33. The SMILES string of the molecule is CCC1CCC(N(C)C(=O)c2cnc(N)c(Cl)c2)CC1. The molecular formula is C15H22ClN3O. The summed E-state index contributed by atoms with van der Waals surface area (Å²) in [6.45, 7) is 2.24. The zero-order chi connectivity index (χ0) is 14.7. The van der Waals surface area contributed by atoms with E-state index in [1.807, 2.05) is 11.9 Å². The molecule has 1 amide bonds. The van der Waals surface area contributed by atoms with E-state index in [4.69, 9.17) is 17.3 Å². The van der Waals surface area contributed by atoms with E-state index in [1.165, 1.54) is 25.5 Å². The molecule has 5 heteroatoms. The molecule has 0 spiro atoms. The van der Waals surface area contributed by atoms with Crippen LogP contribution in [-0.4, -0.2) is 28.9 Å². The number of rotatable bonds is 3. The van der Waals surface area contributed by atoms with Crippen molar-refractivity contribution in [2.24, 2.45) is 5.92 Å². The summed E-state index contributed by atoms with van der Waals surface area (Å²) >= 11 is 5.93. The Kier molecular flexibility index (Phi) is 4.86. The van der Waals surface area contributed by atoms with Crippen LogP contribution in [0.15, 0.2) is 12.3 Å². The van der Waals surface area contributed by atoms with E-state index in [1.54, 1.807) is 6.07 Å². The van der Waals surface area contributed by atoms with Gasteiger partial charge in [-0.2, -0.15) is 0 Å². The number of anilines is 1. The summed E-state index contributed by atoms with van der Waals surface area (Å²) in [5.74, 6) is 1.05. The van der Waals surface area contributed by atoms with Crippen LogP contribution in [0, 0.1) is 5.92 Å². The fourth-order valence-corrected chi connectivity index (χ4v) is 3.04. The van der Waals surface area contributed by atoms with Crippen molar-refractivity contribution in [3.8, 4) is 0 Å². The molecule has 1 aliphatic rings. The molecule has 1 aliphatic carbocycles. The van der Waals surface area contributed by atoms with Crippen LogP contribution < -0.4 is 5.73 Å². The fourth-order valence-electron chi connectivity index (χ4n) is 2.88. The van der Waals surface area contributed by atoms with Crippen molar-refractivity contribution in [1.82, 2.24) is 9.88 Å². The van der Waals surface area contributed by atoms with Crippen molar-refractivity contribution < 1.29 is 4.79 Å². The Balaban J connectivity index is 2.03. The summed E-state index contributed by atoms with van der Waals surface area (Å²) in [7, 11) is 1.86. The highest BCUT2D eigenvalue weighted by Crippen LogP contribution is 2.29. The summed E-state index contributed by atoms with van der Waals surface area (Å²) in [6.07, 6.45) is 7.31. The van der Waals surface area contributed by atoms with Gasteiger partial charge < -0.3 is 10.6 Å². The number of hydrogen-bond acceptors (Lipinski definition) is 3. The van der Waals surface area contributed by atoms with Crippen molar-refractivity contribution in [2.45, 2.75) is 45.1 Å². The van der Waals surface area contributed by atoms with E-state index in [0.717, 1.165) is 18.8 Å². The molecule has 0 aromatic carbocycles. The van der Waals surface area contributed by atoms with E-state index < -0.39 is 0 Å². The van der Waals surface area contributed by atoms with Gasteiger partial charge in [0.25, 0.3) is 5.91 Å². The third-order valence-corrected chi connectivity index (χ3v) is 4.68. The molecular weight excluding hydrogens is 274 g/mol. The van der Waals surface area contributed by atoms with Gasteiger partial charge >= 0.3 is 0 Å². The van der Waals surface area contributed by atoms with Gasteiger partial charge in [-0.15, -0.1) is 0 Å². The van der Waals surface area contributed by atoms with Crippen LogP contribution >= 0.6 is 11.6 Å². The minimum Gasteiger partial charge on any atom is -0.382 e. The predicted octanol–water partition coefficient (Wildman–Crippen LogP) is 3.36. The van der Waals surface area contributed by atoms with Crippen molar-refractivity contribution in [1.29, 1.82) is 0 Å². The molecule has 0 bridgehead atoms. The van der Waals surface area contributed by atoms with Gasteiger partial charge in [0, 0.05) is 19.3 Å². The van der Waals surface area contributed by atoms with Crippen LogP contribution in [0.3, 0.4) is 0 Å². The minimum atomic E-state index is -0.0284. The van der Waals surface area contributed by atoms with Crippen LogP contribution in [0.1, 0.15) is 49.4 Å². The molecule has 4 nitrogen and oxygen atoms in total. The van der Waals surface area contributed by atoms with Crippen molar-refractivity contribution in [3.05, 3.63) is 22.8 Å².